The molecule has 4 rings (SSSR count). The number of aromatic nitrogens is 5. The van der Waals surface area contributed by atoms with Gasteiger partial charge in [0, 0.05) is 19.5 Å². The molecule has 2 N–H and O–H groups in total. The molecule has 3 heterocycles. The summed E-state index contributed by atoms with van der Waals surface area (Å²) in [5.41, 5.74) is 8.26. The van der Waals surface area contributed by atoms with Crippen molar-refractivity contribution in [1.29, 1.82) is 0 Å². The summed E-state index contributed by atoms with van der Waals surface area (Å²) in [7, 11) is 0. The van der Waals surface area contributed by atoms with Crippen molar-refractivity contribution >= 4 is 11.7 Å². The summed E-state index contributed by atoms with van der Waals surface area (Å²) in [6.45, 7) is 0.922. The van der Waals surface area contributed by atoms with Gasteiger partial charge in [-0.1, -0.05) is 5.21 Å². The second-order valence-electron chi connectivity index (χ2n) is 5.74. The van der Waals surface area contributed by atoms with E-state index in [9.17, 15) is 9.18 Å². The van der Waals surface area contributed by atoms with Gasteiger partial charge in [-0.05, 0) is 35.9 Å². The van der Waals surface area contributed by atoms with Crippen LogP contribution in [-0.4, -0.2) is 42.5 Å². The van der Waals surface area contributed by atoms with E-state index in [-0.39, 0.29) is 17.4 Å². The van der Waals surface area contributed by atoms with Crippen molar-refractivity contribution in [3.63, 3.8) is 0 Å². The van der Waals surface area contributed by atoms with E-state index in [1.807, 2.05) is 0 Å². The summed E-state index contributed by atoms with van der Waals surface area (Å²) in [4.78, 5) is 14.3. The Morgan fingerprint density at radius 3 is 2.76 bits per heavy atom. The van der Waals surface area contributed by atoms with Gasteiger partial charge in [0.2, 0.25) is 0 Å². The van der Waals surface area contributed by atoms with Crippen molar-refractivity contribution in [1.82, 2.24) is 30.1 Å². The number of hydrogen-bond acceptors (Lipinski definition) is 6. The van der Waals surface area contributed by atoms with E-state index >= 15 is 0 Å². The normalized spacial score (nSPS) is 13.6. The van der Waals surface area contributed by atoms with Gasteiger partial charge in [0.1, 0.15) is 11.6 Å². The number of hydrogen-bond donors (Lipinski definition) is 1. The zero-order valence-electron chi connectivity index (χ0n) is 13.1. The zero-order valence-corrected chi connectivity index (χ0v) is 13.1. The average molecular weight is 339 g/mol. The molecule has 0 aliphatic carbocycles. The van der Waals surface area contributed by atoms with Crippen LogP contribution in [-0.2, 0) is 13.0 Å². The first-order valence-corrected chi connectivity index (χ1v) is 7.68. The molecule has 126 valence electrons. The molecule has 0 radical (unpaired) electrons. The smallest absolute Gasteiger partial charge is 0.276 e. The molecule has 1 amide bonds. The summed E-state index contributed by atoms with van der Waals surface area (Å²) in [6, 6.07) is 7.52. The van der Waals surface area contributed by atoms with E-state index in [0.717, 1.165) is 11.3 Å². The molecule has 0 bridgehead atoms. The van der Waals surface area contributed by atoms with Gasteiger partial charge in [-0.15, -0.1) is 10.2 Å². The first-order valence-electron chi connectivity index (χ1n) is 7.68. The highest BCUT2D eigenvalue weighted by Crippen LogP contribution is 2.19. The van der Waals surface area contributed by atoms with Crippen LogP contribution in [0.1, 0.15) is 21.7 Å². The van der Waals surface area contributed by atoms with Crippen LogP contribution < -0.4 is 5.73 Å². The van der Waals surface area contributed by atoms with E-state index in [4.69, 9.17) is 5.73 Å². The minimum absolute atomic E-state index is 0.225. The topological polar surface area (TPSA) is 103 Å². The van der Waals surface area contributed by atoms with Gasteiger partial charge in [0.15, 0.2) is 5.69 Å². The molecule has 0 saturated heterocycles. The van der Waals surface area contributed by atoms with Gasteiger partial charge in [-0.3, -0.25) is 4.79 Å². The number of fused-ring (bicyclic) bond motifs is 1. The van der Waals surface area contributed by atoms with E-state index in [2.05, 4.69) is 20.5 Å². The molecule has 0 spiro atoms. The molecule has 0 fully saturated rings. The van der Waals surface area contributed by atoms with Gasteiger partial charge in [-0.25, -0.2) is 9.07 Å². The maximum atomic E-state index is 13.0. The number of amides is 1. The third kappa shape index (κ3) is 2.91. The van der Waals surface area contributed by atoms with Crippen molar-refractivity contribution in [3.05, 3.63) is 59.3 Å². The first-order chi connectivity index (χ1) is 12.1. The number of nitrogens with two attached hydrogens (primary N) is 1. The Labute approximate surface area is 142 Å². The average Bonchev–Trinajstić information content (AvgIpc) is 3.11. The molecule has 9 heteroatoms. The molecule has 3 aromatic rings. The Bertz CT molecular complexity index is 938. The first kappa shape index (κ1) is 15.2. The molecular weight excluding hydrogens is 325 g/mol. The fourth-order valence-corrected chi connectivity index (χ4v) is 2.76. The van der Waals surface area contributed by atoms with E-state index in [0.29, 0.717) is 31.0 Å². The largest absolute Gasteiger partial charge is 0.382 e. The van der Waals surface area contributed by atoms with E-state index < -0.39 is 0 Å². The molecule has 0 atom stereocenters. The van der Waals surface area contributed by atoms with Gasteiger partial charge in [0.25, 0.3) is 5.91 Å². The Hall–Kier alpha value is -3.36. The lowest BCUT2D eigenvalue weighted by Crippen LogP contribution is -2.36. The Kier molecular flexibility index (Phi) is 3.60. The number of carbonyl (C=O) groups excluding carboxylic acids is 1. The fourth-order valence-electron chi connectivity index (χ4n) is 2.76. The lowest BCUT2D eigenvalue weighted by molar-refractivity contribution is 0.0727. The molecule has 1 aliphatic heterocycles. The van der Waals surface area contributed by atoms with Crippen LogP contribution in [0.4, 0.5) is 10.2 Å². The lowest BCUT2D eigenvalue weighted by atomic mass is 10.1. The van der Waals surface area contributed by atoms with Crippen molar-refractivity contribution in [2.24, 2.45) is 0 Å². The van der Waals surface area contributed by atoms with Crippen molar-refractivity contribution in [2.75, 3.05) is 12.3 Å². The predicted molar refractivity (Wildman–Crippen MR) is 86.2 cm³/mol. The molecule has 0 unspecified atom stereocenters. The molecule has 1 aliphatic rings. The quantitative estimate of drug-likeness (QED) is 0.746. The van der Waals surface area contributed by atoms with E-state index in [1.54, 1.807) is 23.1 Å². The standard InChI is InChI=1S/C16H14FN7O/c17-11-1-3-12(4-2-11)24-9-14(20-22-24)16(25)23-6-5-13-10(8-23)7-15(18)21-19-13/h1-4,7,9H,5-6,8H2,(H2,18,21). The highest BCUT2D eigenvalue weighted by molar-refractivity contribution is 5.92. The molecule has 1 aromatic carbocycles. The molecule has 0 saturated carbocycles. The van der Waals surface area contributed by atoms with Crippen LogP contribution in [0.5, 0.6) is 0 Å². The van der Waals surface area contributed by atoms with Crippen LogP contribution in [0.25, 0.3) is 5.69 Å². The van der Waals surface area contributed by atoms with Crippen LogP contribution in [0.15, 0.2) is 36.5 Å². The van der Waals surface area contributed by atoms with Crippen molar-refractivity contribution in [3.8, 4) is 5.69 Å². The van der Waals surface area contributed by atoms with Crippen LogP contribution >= 0.6 is 0 Å². The highest BCUT2D eigenvalue weighted by atomic mass is 19.1. The summed E-state index contributed by atoms with van der Waals surface area (Å²) < 4.78 is 14.4. The fraction of sp³-hybridized carbons (Fsp3) is 0.188. The number of carbonyl (C=O) groups is 1. The zero-order chi connectivity index (χ0) is 17.4. The monoisotopic (exact) mass is 339 g/mol. The minimum atomic E-state index is -0.338. The lowest BCUT2D eigenvalue weighted by Gasteiger charge is -2.27. The summed E-state index contributed by atoms with van der Waals surface area (Å²) >= 11 is 0. The van der Waals surface area contributed by atoms with Gasteiger partial charge >= 0.3 is 0 Å². The Morgan fingerprint density at radius 2 is 1.96 bits per heavy atom. The number of nitrogen functional groups attached to an aromatic ring is 1. The number of benzene rings is 1. The highest BCUT2D eigenvalue weighted by Gasteiger charge is 2.25. The molecule has 8 nitrogen and oxygen atoms in total. The second-order valence-corrected chi connectivity index (χ2v) is 5.74. The number of anilines is 1. The summed E-state index contributed by atoms with van der Waals surface area (Å²) in [5.74, 6) is -0.237. The Balaban J connectivity index is 1.55. The Morgan fingerprint density at radius 1 is 1.16 bits per heavy atom. The van der Waals surface area contributed by atoms with Crippen LogP contribution in [0.2, 0.25) is 0 Å². The molecule has 25 heavy (non-hydrogen) atoms. The minimum Gasteiger partial charge on any atom is -0.382 e. The van der Waals surface area contributed by atoms with Gasteiger partial charge in [0.05, 0.1) is 17.6 Å². The van der Waals surface area contributed by atoms with Crippen molar-refractivity contribution in [2.45, 2.75) is 13.0 Å². The van der Waals surface area contributed by atoms with Crippen LogP contribution in [0, 0.1) is 5.82 Å². The maximum absolute atomic E-state index is 13.0. The SMILES string of the molecule is Nc1cc2c(nn1)CCN(C(=O)c1cn(-c3ccc(F)cc3)nn1)C2. The van der Waals surface area contributed by atoms with E-state index in [1.165, 1.54) is 23.0 Å². The summed E-state index contributed by atoms with van der Waals surface area (Å²) in [5, 5.41) is 15.8. The third-order valence-electron chi connectivity index (χ3n) is 4.05. The van der Waals surface area contributed by atoms with Crippen LogP contribution in [0.3, 0.4) is 0 Å². The van der Waals surface area contributed by atoms with Gasteiger partial charge in [-0.2, -0.15) is 5.10 Å². The summed E-state index contributed by atoms with van der Waals surface area (Å²) in [6.07, 6.45) is 2.14. The maximum Gasteiger partial charge on any atom is 0.276 e. The molecule has 2 aromatic heterocycles. The van der Waals surface area contributed by atoms with Gasteiger partial charge < -0.3 is 10.6 Å². The number of halogens is 1. The van der Waals surface area contributed by atoms with Crippen molar-refractivity contribution < 1.29 is 9.18 Å². The number of rotatable bonds is 2. The second kappa shape index (κ2) is 5.93. The molecular formula is C16H14FN7O. The number of nitrogens with zero attached hydrogens (tertiary/aromatic N) is 6. The predicted octanol–water partition coefficient (Wildman–Crippen LogP) is 0.977. The third-order valence-corrected chi connectivity index (χ3v) is 4.05.